The normalized spacial score (nSPS) is 23.0. The average molecular weight is 299 g/mol. The Morgan fingerprint density at radius 2 is 1.91 bits per heavy atom. The molecule has 22 heavy (non-hydrogen) atoms. The van der Waals surface area contributed by atoms with Crippen molar-refractivity contribution in [3.8, 4) is 0 Å². The SMILES string of the molecule is Cc1cc(N2CCCN3CCCC3C2)n2nc(C)c(C)c2n1. The third-order valence-electron chi connectivity index (χ3n) is 5.29. The Morgan fingerprint density at radius 3 is 2.77 bits per heavy atom. The molecular formula is C17H25N5. The van der Waals surface area contributed by atoms with E-state index in [4.69, 9.17) is 10.1 Å². The van der Waals surface area contributed by atoms with Crippen LogP contribution in [0, 0.1) is 20.8 Å². The second kappa shape index (κ2) is 5.23. The van der Waals surface area contributed by atoms with Crippen molar-refractivity contribution >= 4 is 11.5 Å². The first kappa shape index (κ1) is 14.0. The molecule has 0 bridgehead atoms. The van der Waals surface area contributed by atoms with Crippen LogP contribution in [0.2, 0.25) is 0 Å². The van der Waals surface area contributed by atoms with Gasteiger partial charge in [0.1, 0.15) is 5.82 Å². The van der Waals surface area contributed by atoms with Crippen LogP contribution in [0.5, 0.6) is 0 Å². The van der Waals surface area contributed by atoms with Gasteiger partial charge in [-0.05, 0) is 46.6 Å². The molecule has 2 fully saturated rings. The maximum Gasteiger partial charge on any atom is 0.160 e. The summed E-state index contributed by atoms with van der Waals surface area (Å²) >= 11 is 0. The van der Waals surface area contributed by atoms with Gasteiger partial charge in [-0.3, -0.25) is 4.90 Å². The van der Waals surface area contributed by atoms with Gasteiger partial charge in [0.25, 0.3) is 0 Å². The van der Waals surface area contributed by atoms with Gasteiger partial charge in [0, 0.05) is 43.0 Å². The maximum absolute atomic E-state index is 4.74. The monoisotopic (exact) mass is 299 g/mol. The highest BCUT2D eigenvalue weighted by Crippen LogP contribution is 2.26. The molecule has 4 heterocycles. The summed E-state index contributed by atoms with van der Waals surface area (Å²) in [4.78, 5) is 9.91. The third-order valence-corrected chi connectivity index (χ3v) is 5.29. The molecule has 118 valence electrons. The molecular weight excluding hydrogens is 274 g/mol. The molecule has 1 unspecified atom stereocenters. The lowest BCUT2D eigenvalue weighted by Gasteiger charge is -2.27. The second-order valence-corrected chi connectivity index (χ2v) is 6.83. The van der Waals surface area contributed by atoms with Gasteiger partial charge >= 0.3 is 0 Å². The van der Waals surface area contributed by atoms with Gasteiger partial charge in [-0.15, -0.1) is 0 Å². The van der Waals surface area contributed by atoms with Crippen molar-refractivity contribution in [3.05, 3.63) is 23.0 Å². The van der Waals surface area contributed by atoms with Crippen LogP contribution in [0.3, 0.4) is 0 Å². The molecule has 5 heteroatoms. The van der Waals surface area contributed by atoms with Gasteiger partial charge in [0.05, 0.1) is 5.69 Å². The summed E-state index contributed by atoms with van der Waals surface area (Å²) in [5, 5.41) is 4.74. The quantitative estimate of drug-likeness (QED) is 0.810. The van der Waals surface area contributed by atoms with Crippen molar-refractivity contribution in [2.75, 3.05) is 31.1 Å². The van der Waals surface area contributed by atoms with E-state index in [1.807, 2.05) is 0 Å². The lowest BCUT2D eigenvalue weighted by atomic mass is 10.2. The predicted octanol–water partition coefficient (Wildman–Crippen LogP) is 2.33. The predicted molar refractivity (Wildman–Crippen MR) is 88.6 cm³/mol. The van der Waals surface area contributed by atoms with E-state index in [9.17, 15) is 0 Å². The fourth-order valence-electron chi connectivity index (χ4n) is 3.97. The van der Waals surface area contributed by atoms with E-state index >= 15 is 0 Å². The first-order valence-corrected chi connectivity index (χ1v) is 8.46. The molecule has 2 aromatic heterocycles. The summed E-state index contributed by atoms with van der Waals surface area (Å²) in [5.41, 5.74) is 4.37. The van der Waals surface area contributed by atoms with Crippen LogP contribution in [0.25, 0.3) is 5.65 Å². The number of hydrogen-bond donors (Lipinski definition) is 0. The topological polar surface area (TPSA) is 36.7 Å². The summed E-state index contributed by atoms with van der Waals surface area (Å²) in [6.45, 7) is 11.0. The standard InChI is InChI=1S/C17H25N5/c1-12-10-16(22-17(18-12)13(2)14(3)19-22)21-9-5-8-20-7-4-6-15(20)11-21/h10,15H,4-9,11H2,1-3H3. The van der Waals surface area contributed by atoms with Crippen molar-refractivity contribution in [3.63, 3.8) is 0 Å². The summed E-state index contributed by atoms with van der Waals surface area (Å²) in [5.74, 6) is 1.22. The lowest BCUT2D eigenvalue weighted by molar-refractivity contribution is 0.273. The van der Waals surface area contributed by atoms with E-state index in [0.717, 1.165) is 30.1 Å². The number of fused-ring (bicyclic) bond motifs is 2. The Morgan fingerprint density at radius 1 is 1.09 bits per heavy atom. The van der Waals surface area contributed by atoms with E-state index in [1.165, 1.54) is 43.7 Å². The highest BCUT2D eigenvalue weighted by molar-refractivity contribution is 5.57. The highest BCUT2D eigenvalue weighted by Gasteiger charge is 2.29. The van der Waals surface area contributed by atoms with Crippen LogP contribution < -0.4 is 4.90 Å². The van der Waals surface area contributed by atoms with Gasteiger partial charge in [-0.1, -0.05) is 0 Å². The Balaban J connectivity index is 1.77. The van der Waals surface area contributed by atoms with Crippen LogP contribution in [-0.4, -0.2) is 51.7 Å². The van der Waals surface area contributed by atoms with Crippen molar-refractivity contribution < 1.29 is 0 Å². The molecule has 0 radical (unpaired) electrons. The van der Waals surface area contributed by atoms with E-state index in [-0.39, 0.29) is 0 Å². The number of aryl methyl sites for hydroxylation is 3. The van der Waals surface area contributed by atoms with Crippen LogP contribution in [0.1, 0.15) is 36.2 Å². The molecule has 2 aromatic rings. The molecule has 4 rings (SSSR count). The van der Waals surface area contributed by atoms with Gasteiger partial charge in [0.2, 0.25) is 0 Å². The number of rotatable bonds is 1. The molecule has 5 nitrogen and oxygen atoms in total. The number of hydrogen-bond acceptors (Lipinski definition) is 4. The third kappa shape index (κ3) is 2.19. The van der Waals surface area contributed by atoms with Crippen molar-refractivity contribution in [1.29, 1.82) is 0 Å². The first-order valence-electron chi connectivity index (χ1n) is 8.46. The van der Waals surface area contributed by atoms with Crippen LogP contribution in [-0.2, 0) is 0 Å². The van der Waals surface area contributed by atoms with E-state index in [2.05, 4.69) is 41.2 Å². The molecule has 0 aliphatic carbocycles. The van der Waals surface area contributed by atoms with Gasteiger partial charge in [-0.2, -0.15) is 9.61 Å². The van der Waals surface area contributed by atoms with Crippen LogP contribution in [0.4, 0.5) is 5.82 Å². The van der Waals surface area contributed by atoms with E-state index < -0.39 is 0 Å². The van der Waals surface area contributed by atoms with Crippen molar-refractivity contribution in [2.45, 2.75) is 46.1 Å². The largest absolute Gasteiger partial charge is 0.355 e. The molecule has 2 saturated heterocycles. The summed E-state index contributed by atoms with van der Waals surface area (Å²) < 4.78 is 2.06. The highest BCUT2D eigenvalue weighted by atomic mass is 15.4. The Kier molecular flexibility index (Phi) is 3.33. The fraction of sp³-hybridized carbons (Fsp3) is 0.647. The summed E-state index contributed by atoms with van der Waals surface area (Å²) in [7, 11) is 0. The lowest BCUT2D eigenvalue weighted by Crippen LogP contribution is -2.37. The zero-order valence-corrected chi connectivity index (χ0v) is 13.8. The minimum absolute atomic E-state index is 0.712. The fourth-order valence-corrected chi connectivity index (χ4v) is 3.97. The smallest absolute Gasteiger partial charge is 0.160 e. The van der Waals surface area contributed by atoms with E-state index in [0.29, 0.717) is 6.04 Å². The molecule has 2 aliphatic rings. The maximum atomic E-state index is 4.74. The Bertz CT molecular complexity index is 705. The Hall–Kier alpha value is -1.62. The zero-order valence-electron chi connectivity index (χ0n) is 13.8. The molecule has 0 N–H and O–H groups in total. The molecule has 0 saturated carbocycles. The molecule has 2 aliphatic heterocycles. The summed E-state index contributed by atoms with van der Waals surface area (Å²) in [6.07, 6.45) is 3.92. The van der Waals surface area contributed by atoms with Crippen molar-refractivity contribution in [1.82, 2.24) is 19.5 Å². The molecule has 0 spiro atoms. The minimum Gasteiger partial charge on any atom is -0.355 e. The molecule has 0 aromatic carbocycles. The number of nitrogens with zero attached hydrogens (tertiary/aromatic N) is 5. The zero-order chi connectivity index (χ0) is 15.3. The van der Waals surface area contributed by atoms with Gasteiger partial charge in [0.15, 0.2) is 5.65 Å². The average Bonchev–Trinajstić information content (AvgIpc) is 2.98. The van der Waals surface area contributed by atoms with Crippen LogP contribution in [0.15, 0.2) is 6.07 Å². The minimum atomic E-state index is 0.712. The Labute approximate surface area is 131 Å². The summed E-state index contributed by atoms with van der Waals surface area (Å²) in [6, 6.07) is 2.91. The number of aromatic nitrogens is 3. The van der Waals surface area contributed by atoms with Crippen molar-refractivity contribution in [2.24, 2.45) is 0 Å². The van der Waals surface area contributed by atoms with Gasteiger partial charge in [-0.25, -0.2) is 4.98 Å². The molecule has 1 atom stereocenters. The molecule has 0 amide bonds. The van der Waals surface area contributed by atoms with Gasteiger partial charge < -0.3 is 4.90 Å². The number of anilines is 1. The second-order valence-electron chi connectivity index (χ2n) is 6.83. The van der Waals surface area contributed by atoms with E-state index in [1.54, 1.807) is 0 Å². The first-order chi connectivity index (χ1) is 10.6. The van der Waals surface area contributed by atoms with Crippen LogP contribution >= 0.6 is 0 Å².